The lowest BCUT2D eigenvalue weighted by Crippen LogP contribution is -2.34. The summed E-state index contributed by atoms with van der Waals surface area (Å²) >= 11 is 0. The number of piperidine rings is 1. The SMILES string of the molecule is COc1ccc(CCCNC(=O)C2CC23CCNCC3)cc1.Cl. The van der Waals surface area contributed by atoms with Crippen molar-refractivity contribution in [2.24, 2.45) is 11.3 Å². The second-order valence-corrected chi connectivity index (χ2v) is 6.61. The predicted molar refractivity (Wildman–Crippen MR) is 94.2 cm³/mol. The molecule has 0 aromatic heterocycles. The van der Waals surface area contributed by atoms with Gasteiger partial charge in [0, 0.05) is 12.5 Å². The number of benzene rings is 1. The third-order valence-electron chi connectivity index (χ3n) is 5.21. The van der Waals surface area contributed by atoms with Crippen LogP contribution in [-0.4, -0.2) is 32.7 Å². The maximum Gasteiger partial charge on any atom is 0.223 e. The van der Waals surface area contributed by atoms with Gasteiger partial charge in [0.25, 0.3) is 0 Å². The molecule has 1 spiro atoms. The molecule has 1 aromatic carbocycles. The van der Waals surface area contributed by atoms with Gasteiger partial charge in [0.1, 0.15) is 5.75 Å². The van der Waals surface area contributed by atoms with E-state index in [2.05, 4.69) is 22.8 Å². The van der Waals surface area contributed by atoms with E-state index in [0.717, 1.165) is 57.5 Å². The molecule has 5 heteroatoms. The van der Waals surface area contributed by atoms with Crippen molar-refractivity contribution in [1.82, 2.24) is 10.6 Å². The van der Waals surface area contributed by atoms with Gasteiger partial charge in [-0.05, 0) is 68.3 Å². The van der Waals surface area contributed by atoms with Crippen LogP contribution in [0.25, 0.3) is 0 Å². The maximum absolute atomic E-state index is 12.2. The van der Waals surface area contributed by atoms with Crippen molar-refractivity contribution in [2.45, 2.75) is 32.1 Å². The van der Waals surface area contributed by atoms with E-state index < -0.39 is 0 Å². The van der Waals surface area contributed by atoms with Gasteiger partial charge < -0.3 is 15.4 Å². The minimum Gasteiger partial charge on any atom is -0.497 e. The van der Waals surface area contributed by atoms with Crippen LogP contribution in [-0.2, 0) is 11.2 Å². The highest BCUT2D eigenvalue weighted by atomic mass is 35.5. The normalized spacial score (nSPS) is 21.3. The Bertz CT molecular complexity index is 512. The first-order chi connectivity index (χ1) is 10.7. The summed E-state index contributed by atoms with van der Waals surface area (Å²) in [5.74, 6) is 1.44. The molecule has 1 aliphatic carbocycles. The third kappa shape index (κ3) is 4.39. The Hall–Kier alpha value is -1.26. The molecule has 1 atom stereocenters. The molecular formula is C18H27ClN2O2. The quantitative estimate of drug-likeness (QED) is 0.784. The van der Waals surface area contributed by atoms with E-state index in [1.54, 1.807) is 7.11 Å². The maximum atomic E-state index is 12.2. The van der Waals surface area contributed by atoms with E-state index in [0.29, 0.717) is 5.41 Å². The second-order valence-electron chi connectivity index (χ2n) is 6.61. The molecule has 128 valence electrons. The monoisotopic (exact) mass is 338 g/mol. The number of ether oxygens (including phenoxy) is 1. The molecular weight excluding hydrogens is 312 g/mol. The molecule has 1 unspecified atom stereocenters. The zero-order valence-corrected chi connectivity index (χ0v) is 14.6. The van der Waals surface area contributed by atoms with Gasteiger partial charge in [-0.2, -0.15) is 0 Å². The summed E-state index contributed by atoms with van der Waals surface area (Å²) < 4.78 is 5.15. The molecule has 2 fully saturated rings. The molecule has 1 aromatic rings. The minimum absolute atomic E-state index is 0. The summed E-state index contributed by atoms with van der Waals surface area (Å²) in [6.07, 6.45) is 5.40. The molecule has 0 radical (unpaired) electrons. The lowest BCUT2D eigenvalue weighted by atomic mass is 9.92. The summed E-state index contributed by atoms with van der Waals surface area (Å²) in [5.41, 5.74) is 1.63. The molecule has 4 nitrogen and oxygen atoms in total. The van der Waals surface area contributed by atoms with Crippen molar-refractivity contribution in [1.29, 1.82) is 0 Å². The van der Waals surface area contributed by atoms with Crippen LogP contribution in [0.1, 0.15) is 31.2 Å². The van der Waals surface area contributed by atoms with E-state index >= 15 is 0 Å². The first-order valence-corrected chi connectivity index (χ1v) is 8.35. The number of hydrogen-bond donors (Lipinski definition) is 2. The van der Waals surface area contributed by atoms with Gasteiger partial charge in [0.15, 0.2) is 0 Å². The van der Waals surface area contributed by atoms with Crippen LogP contribution >= 0.6 is 12.4 Å². The molecule has 1 saturated carbocycles. The summed E-state index contributed by atoms with van der Waals surface area (Å²) in [6.45, 7) is 2.91. The van der Waals surface area contributed by atoms with Crippen molar-refractivity contribution < 1.29 is 9.53 Å². The number of rotatable bonds is 6. The van der Waals surface area contributed by atoms with Crippen LogP contribution in [0.15, 0.2) is 24.3 Å². The zero-order chi connectivity index (χ0) is 15.4. The Morgan fingerprint density at radius 3 is 2.65 bits per heavy atom. The highest BCUT2D eigenvalue weighted by molar-refractivity contribution is 5.85. The van der Waals surface area contributed by atoms with Crippen LogP contribution in [0.4, 0.5) is 0 Å². The average molecular weight is 339 g/mol. The Morgan fingerprint density at radius 2 is 2.00 bits per heavy atom. The van der Waals surface area contributed by atoms with Crippen LogP contribution < -0.4 is 15.4 Å². The lowest BCUT2D eigenvalue weighted by molar-refractivity contribution is -0.123. The van der Waals surface area contributed by atoms with E-state index in [1.807, 2.05) is 12.1 Å². The van der Waals surface area contributed by atoms with Crippen LogP contribution in [0.5, 0.6) is 5.75 Å². The van der Waals surface area contributed by atoms with Crippen LogP contribution in [0.2, 0.25) is 0 Å². The zero-order valence-electron chi connectivity index (χ0n) is 13.8. The molecule has 1 saturated heterocycles. The van der Waals surface area contributed by atoms with Gasteiger partial charge in [-0.15, -0.1) is 12.4 Å². The first-order valence-electron chi connectivity index (χ1n) is 8.35. The molecule has 2 N–H and O–H groups in total. The highest BCUT2D eigenvalue weighted by Crippen LogP contribution is 2.58. The Labute approximate surface area is 144 Å². The fourth-order valence-corrected chi connectivity index (χ4v) is 3.62. The standard InChI is InChI=1S/C18H26N2O2.ClH/c1-22-15-6-4-14(5-7-15)3-2-10-20-17(21)16-13-18(16)8-11-19-12-9-18;/h4-7,16,19H,2-3,8-13H2,1H3,(H,20,21);1H. The summed E-state index contributed by atoms with van der Waals surface area (Å²) in [5, 5.41) is 6.50. The van der Waals surface area contributed by atoms with Crippen molar-refractivity contribution in [3.63, 3.8) is 0 Å². The Morgan fingerprint density at radius 1 is 1.30 bits per heavy atom. The minimum atomic E-state index is 0. The molecule has 0 bridgehead atoms. The van der Waals surface area contributed by atoms with Crippen LogP contribution in [0, 0.1) is 11.3 Å². The van der Waals surface area contributed by atoms with Gasteiger partial charge in [0.2, 0.25) is 5.91 Å². The van der Waals surface area contributed by atoms with Gasteiger partial charge >= 0.3 is 0 Å². The van der Waals surface area contributed by atoms with E-state index in [4.69, 9.17) is 4.74 Å². The Balaban J connectivity index is 0.00000192. The number of aryl methyl sites for hydroxylation is 1. The van der Waals surface area contributed by atoms with Gasteiger partial charge in [-0.3, -0.25) is 4.79 Å². The molecule has 23 heavy (non-hydrogen) atoms. The molecule has 1 aliphatic heterocycles. The molecule has 2 aliphatic rings. The van der Waals surface area contributed by atoms with Crippen molar-refractivity contribution in [3.05, 3.63) is 29.8 Å². The van der Waals surface area contributed by atoms with Gasteiger partial charge in [-0.1, -0.05) is 12.1 Å². The smallest absolute Gasteiger partial charge is 0.223 e. The number of hydrogen-bond acceptors (Lipinski definition) is 3. The summed E-state index contributed by atoms with van der Waals surface area (Å²) in [4.78, 5) is 12.2. The largest absolute Gasteiger partial charge is 0.497 e. The lowest BCUT2D eigenvalue weighted by Gasteiger charge is -2.23. The topological polar surface area (TPSA) is 50.4 Å². The highest BCUT2D eigenvalue weighted by Gasteiger charge is 2.57. The van der Waals surface area contributed by atoms with Crippen molar-refractivity contribution in [2.75, 3.05) is 26.7 Å². The number of halogens is 1. The number of methoxy groups -OCH3 is 1. The molecule has 1 heterocycles. The van der Waals surface area contributed by atoms with E-state index in [-0.39, 0.29) is 24.2 Å². The fourth-order valence-electron chi connectivity index (χ4n) is 3.62. The second kappa shape index (κ2) is 8.02. The first kappa shape index (κ1) is 18.1. The van der Waals surface area contributed by atoms with Gasteiger partial charge in [-0.25, -0.2) is 0 Å². The predicted octanol–water partition coefficient (Wildman–Crippen LogP) is 2.56. The Kier molecular flexibility index (Phi) is 6.31. The summed E-state index contributed by atoms with van der Waals surface area (Å²) in [7, 11) is 1.68. The third-order valence-corrected chi connectivity index (χ3v) is 5.21. The number of carbonyl (C=O) groups is 1. The van der Waals surface area contributed by atoms with E-state index in [9.17, 15) is 4.79 Å². The number of carbonyl (C=O) groups excluding carboxylic acids is 1. The number of nitrogens with one attached hydrogen (secondary N) is 2. The van der Waals surface area contributed by atoms with Gasteiger partial charge in [0.05, 0.1) is 7.11 Å². The summed E-state index contributed by atoms with van der Waals surface area (Å²) in [6, 6.07) is 8.15. The average Bonchev–Trinajstić information content (AvgIpc) is 3.26. The molecule has 1 amide bonds. The fraction of sp³-hybridized carbons (Fsp3) is 0.611. The van der Waals surface area contributed by atoms with Crippen LogP contribution in [0.3, 0.4) is 0 Å². The molecule has 3 rings (SSSR count). The number of amides is 1. The van der Waals surface area contributed by atoms with E-state index in [1.165, 1.54) is 5.56 Å². The van der Waals surface area contributed by atoms with Crippen molar-refractivity contribution >= 4 is 18.3 Å². The van der Waals surface area contributed by atoms with Crippen molar-refractivity contribution in [3.8, 4) is 5.75 Å².